The number of carbonyl (C=O) groups is 2. The Kier molecular flexibility index (Phi) is 6.55. The van der Waals surface area contributed by atoms with Crippen LogP contribution in [0.3, 0.4) is 0 Å². The van der Waals surface area contributed by atoms with E-state index in [1.807, 2.05) is 6.92 Å². The van der Waals surface area contributed by atoms with Crippen LogP contribution in [-0.4, -0.2) is 61.0 Å². The molecule has 1 atom stereocenters. The topological polar surface area (TPSA) is 101 Å². The number of nitrogens with zero attached hydrogens (tertiary/aromatic N) is 1. The first-order chi connectivity index (χ1) is 11.9. The summed E-state index contributed by atoms with van der Waals surface area (Å²) >= 11 is 0. The van der Waals surface area contributed by atoms with E-state index in [4.69, 9.17) is 9.84 Å². The summed E-state index contributed by atoms with van der Waals surface area (Å²) in [5, 5.41) is 8.99. The minimum Gasteiger partial charge on any atom is -0.452 e. The van der Waals surface area contributed by atoms with Gasteiger partial charge in [-0.15, -0.1) is 0 Å². The van der Waals surface area contributed by atoms with Crippen LogP contribution in [0.15, 0.2) is 24.3 Å². The fourth-order valence-corrected chi connectivity index (χ4v) is 4.54. The van der Waals surface area contributed by atoms with Crippen molar-refractivity contribution in [3.8, 4) is 0 Å². The summed E-state index contributed by atoms with van der Waals surface area (Å²) in [6.07, 6.45) is 1.11. The number of carbonyl (C=O) groups excluding carboxylic acids is 2. The molecule has 1 N–H and O–H groups in total. The lowest BCUT2D eigenvalue weighted by molar-refractivity contribution is -0.136. The molecule has 138 valence electrons. The molecule has 0 aliphatic carbocycles. The van der Waals surface area contributed by atoms with Gasteiger partial charge in [-0.05, 0) is 30.5 Å². The van der Waals surface area contributed by atoms with E-state index in [0.29, 0.717) is 24.9 Å². The highest BCUT2D eigenvalue weighted by molar-refractivity contribution is 7.91. The van der Waals surface area contributed by atoms with Crippen molar-refractivity contribution >= 4 is 21.7 Å². The van der Waals surface area contributed by atoms with Crippen molar-refractivity contribution < 1.29 is 27.9 Å². The summed E-state index contributed by atoms with van der Waals surface area (Å²) in [7, 11) is -3.10. The van der Waals surface area contributed by atoms with Gasteiger partial charge >= 0.3 is 5.97 Å². The first-order valence-corrected chi connectivity index (χ1v) is 10.0. The number of sulfone groups is 1. The SMILES string of the molecule is CCCN(C(=O)COC(=O)c1ccc(CO)cc1)[C@H]1CCS(=O)(=O)C1. The Labute approximate surface area is 147 Å². The number of hydrogen-bond donors (Lipinski definition) is 1. The quantitative estimate of drug-likeness (QED) is 0.712. The lowest BCUT2D eigenvalue weighted by Gasteiger charge is -2.27. The van der Waals surface area contributed by atoms with Crippen LogP contribution in [0.5, 0.6) is 0 Å². The third-order valence-corrected chi connectivity index (χ3v) is 5.88. The maximum absolute atomic E-state index is 12.4. The molecule has 1 aliphatic heterocycles. The van der Waals surface area contributed by atoms with Gasteiger partial charge in [-0.1, -0.05) is 19.1 Å². The average molecular weight is 369 g/mol. The molecular formula is C17H23NO6S. The Morgan fingerprint density at radius 1 is 1.28 bits per heavy atom. The third-order valence-electron chi connectivity index (χ3n) is 4.13. The zero-order valence-corrected chi connectivity index (χ0v) is 15.0. The van der Waals surface area contributed by atoms with Crippen LogP contribution < -0.4 is 0 Å². The third kappa shape index (κ3) is 5.27. The Morgan fingerprint density at radius 3 is 2.48 bits per heavy atom. The van der Waals surface area contributed by atoms with E-state index in [2.05, 4.69) is 0 Å². The van der Waals surface area contributed by atoms with Gasteiger partial charge in [0.1, 0.15) is 0 Å². The zero-order valence-electron chi connectivity index (χ0n) is 14.2. The standard InChI is InChI=1S/C17H23NO6S/c1-2-8-18(15-7-9-25(22,23)12-15)16(20)11-24-17(21)14-5-3-13(10-19)4-6-14/h3-6,15,19H,2,7-12H2,1H3/t15-/m0/s1. The number of amides is 1. The van der Waals surface area contributed by atoms with Crippen LogP contribution in [0.1, 0.15) is 35.7 Å². The number of aliphatic hydroxyl groups excluding tert-OH is 1. The molecule has 1 saturated heterocycles. The van der Waals surface area contributed by atoms with Crippen molar-refractivity contribution in [3.05, 3.63) is 35.4 Å². The Hall–Kier alpha value is -1.93. The van der Waals surface area contributed by atoms with Gasteiger partial charge < -0.3 is 14.7 Å². The van der Waals surface area contributed by atoms with E-state index in [1.165, 1.54) is 17.0 Å². The monoisotopic (exact) mass is 369 g/mol. The van der Waals surface area contributed by atoms with E-state index in [1.54, 1.807) is 12.1 Å². The lowest BCUT2D eigenvalue weighted by atomic mass is 10.1. The van der Waals surface area contributed by atoms with Gasteiger partial charge in [0.15, 0.2) is 16.4 Å². The summed E-state index contributed by atoms with van der Waals surface area (Å²) < 4.78 is 28.3. The van der Waals surface area contributed by atoms with Crippen molar-refractivity contribution in [2.24, 2.45) is 0 Å². The summed E-state index contributed by atoms with van der Waals surface area (Å²) in [4.78, 5) is 25.9. The van der Waals surface area contributed by atoms with E-state index >= 15 is 0 Å². The maximum Gasteiger partial charge on any atom is 0.338 e. The minimum atomic E-state index is -3.10. The van der Waals surface area contributed by atoms with Crippen LogP contribution >= 0.6 is 0 Å². The van der Waals surface area contributed by atoms with E-state index in [-0.39, 0.29) is 35.6 Å². The van der Waals surface area contributed by atoms with E-state index < -0.39 is 22.4 Å². The van der Waals surface area contributed by atoms with Crippen molar-refractivity contribution in [1.82, 2.24) is 4.90 Å². The van der Waals surface area contributed by atoms with Gasteiger partial charge in [-0.25, -0.2) is 13.2 Å². The molecule has 0 saturated carbocycles. The Morgan fingerprint density at radius 2 is 1.96 bits per heavy atom. The summed E-state index contributed by atoms with van der Waals surface area (Å²) in [6.45, 7) is 1.79. The predicted molar refractivity (Wildman–Crippen MR) is 91.7 cm³/mol. The van der Waals surface area contributed by atoms with Crippen LogP contribution in [0.2, 0.25) is 0 Å². The Bertz CT molecular complexity index is 713. The predicted octanol–water partition coefficient (Wildman–Crippen LogP) is 0.761. The molecule has 7 nitrogen and oxygen atoms in total. The highest BCUT2D eigenvalue weighted by atomic mass is 32.2. The molecule has 1 heterocycles. The van der Waals surface area contributed by atoms with Crippen molar-refractivity contribution in [3.63, 3.8) is 0 Å². The summed E-state index contributed by atoms with van der Waals surface area (Å²) in [5.41, 5.74) is 0.958. The second-order valence-electron chi connectivity index (χ2n) is 6.08. The van der Waals surface area contributed by atoms with Crippen molar-refractivity contribution in [2.75, 3.05) is 24.7 Å². The minimum absolute atomic E-state index is 0.0324. The smallest absolute Gasteiger partial charge is 0.338 e. The molecule has 1 aromatic rings. The van der Waals surface area contributed by atoms with Gasteiger partial charge in [0.05, 0.1) is 23.7 Å². The fourth-order valence-electron chi connectivity index (χ4n) is 2.81. The van der Waals surface area contributed by atoms with Gasteiger partial charge in [0, 0.05) is 12.6 Å². The lowest BCUT2D eigenvalue weighted by Crippen LogP contribution is -2.43. The fraction of sp³-hybridized carbons (Fsp3) is 0.529. The van der Waals surface area contributed by atoms with Crippen molar-refractivity contribution in [1.29, 1.82) is 0 Å². The number of rotatable bonds is 7. The molecule has 0 radical (unpaired) electrons. The summed E-state index contributed by atoms with van der Waals surface area (Å²) in [5.74, 6) is -0.963. The number of benzene rings is 1. The second kappa shape index (κ2) is 8.44. The molecule has 1 aromatic carbocycles. The first-order valence-electron chi connectivity index (χ1n) is 8.23. The molecule has 0 aromatic heterocycles. The molecule has 1 amide bonds. The van der Waals surface area contributed by atoms with Gasteiger partial charge in [0.25, 0.3) is 5.91 Å². The van der Waals surface area contributed by atoms with Gasteiger partial charge in [-0.3, -0.25) is 4.79 Å². The molecule has 0 bridgehead atoms. The van der Waals surface area contributed by atoms with Gasteiger partial charge in [-0.2, -0.15) is 0 Å². The van der Waals surface area contributed by atoms with Crippen LogP contribution in [0.4, 0.5) is 0 Å². The number of hydrogen-bond acceptors (Lipinski definition) is 6. The maximum atomic E-state index is 12.4. The number of ether oxygens (including phenoxy) is 1. The molecule has 8 heteroatoms. The molecule has 0 spiro atoms. The molecular weight excluding hydrogens is 346 g/mol. The highest BCUT2D eigenvalue weighted by Gasteiger charge is 2.34. The van der Waals surface area contributed by atoms with Crippen LogP contribution in [0.25, 0.3) is 0 Å². The molecule has 1 aliphatic rings. The van der Waals surface area contributed by atoms with Crippen LogP contribution in [-0.2, 0) is 26.0 Å². The van der Waals surface area contributed by atoms with E-state index in [0.717, 1.165) is 0 Å². The van der Waals surface area contributed by atoms with Crippen molar-refractivity contribution in [2.45, 2.75) is 32.4 Å². The summed E-state index contributed by atoms with van der Waals surface area (Å²) in [6, 6.07) is 5.90. The normalized spacial score (nSPS) is 18.7. The zero-order chi connectivity index (χ0) is 18.4. The average Bonchev–Trinajstić information content (AvgIpc) is 2.96. The van der Waals surface area contributed by atoms with E-state index in [9.17, 15) is 18.0 Å². The Balaban J connectivity index is 1.94. The highest BCUT2D eigenvalue weighted by Crippen LogP contribution is 2.18. The first kappa shape index (κ1) is 19.4. The van der Waals surface area contributed by atoms with Crippen LogP contribution in [0, 0.1) is 0 Å². The number of esters is 1. The molecule has 2 rings (SSSR count). The second-order valence-corrected chi connectivity index (χ2v) is 8.30. The molecule has 1 fully saturated rings. The largest absolute Gasteiger partial charge is 0.452 e. The molecule has 25 heavy (non-hydrogen) atoms. The number of aliphatic hydroxyl groups is 1. The van der Waals surface area contributed by atoms with Gasteiger partial charge in [0.2, 0.25) is 0 Å². The molecule has 0 unspecified atom stereocenters.